The van der Waals surface area contributed by atoms with Gasteiger partial charge >= 0.3 is 0 Å². The van der Waals surface area contributed by atoms with Crippen LogP contribution in [0.4, 0.5) is 5.69 Å². The molecule has 0 fully saturated rings. The molecule has 2 aromatic heterocycles. The lowest BCUT2D eigenvalue weighted by Gasteiger charge is -2.02. The van der Waals surface area contributed by atoms with Crippen molar-refractivity contribution in [2.75, 3.05) is 0 Å². The molecule has 3 N–H and O–H groups in total. The zero-order chi connectivity index (χ0) is 23.0. The number of furan rings is 1. The first kappa shape index (κ1) is 21.0. The number of nitrogens with one attached hydrogen (secondary N) is 1. The van der Waals surface area contributed by atoms with Crippen molar-refractivity contribution < 1.29 is 17.8 Å². The molecule has 0 saturated carbocycles. The molecule has 0 atom stereocenters. The number of aromatic nitrogens is 2. The van der Waals surface area contributed by atoms with Gasteiger partial charge in [-0.1, -0.05) is 18.7 Å². The lowest BCUT2D eigenvalue weighted by Crippen LogP contribution is -2.33. The molecule has 0 aliphatic rings. The van der Waals surface area contributed by atoms with Gasteiger partial charge in [0.25, 0.3) is 11.2 Å². The zero-order valence-electron chi connectivity index (χ0n) is 16.4. The Morgan fingerprint density at radius 2 is 1.84 bits per heavy atom. The van der Waals surface area contributed by atoms with Gasteiger partial charge in [0.05, 0.1) is 26.1 Å². The maximum Gasteiger partial charge on any atom is 0.279 e. The van der Waals surface area contributed by atoms with E-state index >= 15 is 0 Å². The number of H-pyrrole nitrogens is 1. The quantitative estimate of drug-likeness (QED) is 0.343. The fourth-order valence-corrected chi connectivity index (χ4v) is 3.63. The molecule has 0 aliphatic carbocycles. The van der Waals surface area contributed by atoms with Crippen LogP contribution in [0.5, 0.6) is 0 Å². The summed E-state index contributed by atoms with van der Waals surface area (Å²) in [5.41, 5.74) is 0.428. The Kier molecular flexibility index (Phi) is 5.12. The van der Waals surface area contributed by atoms with Gasteiger partial charge in [0.2, 0.25) is 10.0 Å². The highest BCUT2D eigenvalue weighted by Crippen LogP contribution is 2.25. The Balaban J connectivity index is 1.72. The van der Waals surface area contributed by atoms with Gasteiger partial charge < -0.3 is 4.42 Å². The molecule has 0 spiro atoms. The van der Waals surface area contributed by atoms with Crippen LogP contribution in [0.3, 0.4) is 0 Å². The molecule has 0 aliphatic heterocycles. The van der Waals surface area contributed by atoms with Gasteiger partial charge in [-0.2, -0.15) is 0 Å². The predicted molar refractivity (Wildman–Crippen MR) is 117 cm³/mol. The largest absolute Gasteiger partial charge is 0.457 e. The van der Waals surface area contributed by atoms with Crippen LogP contribution >= 0.6 is 0 Å². The van der Waals surface area contributed by atoms with Crippen molar-refractivity contribution in [1.29, 1.82) is 0 Å². The van der Waals surface area contributed by atoms with E-state index < -0.39 is 20.5 Å². The summed E-state index contributed by atoms with van der Waals surface area (Å²) in [6.07, 6.45) is 1.50. The van der Waals surface area contributed by atoms with Crippen LogP contribution in [-0.4, -0.2) is 23.1 Å². The monoisotopic (exact) mass is 452 g/mol. The van der Waals surface area contributed by atoms with E-state index in [0.717, 1.165) is 0 Å². The third-order valence-electron chi connectivity index (χ3n) is 4.68. The third kappa shape index (κ3) is 4.02. The maximum absolute atomic E-state index is 12.9. The Bertz CT molecular complexity index is 1610. The number of nitro benzene ring substituents is 1. The van der Waals surface area contributed by atoms with Crippen molar-refractivity contribution in [2.45, 2.75) is 4.90 Å². The number of nitrogens with zero attached hydrogens (tertiary/aromatic N) is 2. The van der Waals surface area contributed by atoms with Crippen LogP contribution in [0.15, 0.2) is 74.8 Å². The Labute approximate surface area is 180 Å². The van der Waals surface area contributed by atoms with Gasteiger partial charge in [0.1, 0.15) is 11.5 Å². The molecule has 10 nitrogen and oxygen atoms in total. The highest BCUT2D eigenvalue weighted by molar-refractivity contribution is 7.89. The van der Waals surface area contributed by atoms with Crippen molar-refractivity contribution in [1.82, 2.24) is 9.78 Å². The van der Waals surface area contributed by atoms with Crippen molar-refractivity contribution in [3.05, 3.63) is 97.5 Å². The number of rotatable bonds is 5. The van der Waals surface area contributed by atoms with E-state index in [1.165, 1.54) is 47.2 Å². The Morgan fingerprint density at radius 3 is 2.50 bits per heavy atom. The first-order valence-corrected chi connectivity index (χ1v) is 10.7. The molecule has 0 saturated heterocycles. The van der Waals surface area contributed by atoms with Gasteiger partial charge in [-0.15, -0.1) is 0 Å². The average Bonchev–Trinajstić information content (AvgIpc) is 3.34. The van der Waals surface area contributed by atoms with E-state index in [0.29, 0.717) is 28.1 Å². The molecule has 4 aromatic rings. The minimum atomic E-state index is -3.85. The minimum absolute atomic E-state index is 0.0635. The third-order valence-corrected chi connectivity index (χ3v) is 5.61. The predicted octanol–water partition coefficient (Wildman–Crippen LogP) is 1.22. The number of nitrogens with two attached hydrogens (primary N) is 1. The van der Waals surface area contributed by atoms with Crippen molar-refractivity contribution >= 4 is 28.4 Å². The van der Waals surface area contributed by atoms with Crippen molar-refractivity contribution in [2.24, 2.45) is 5.14 Å². The molecular formula is C21H16N4O6S. The first-order valence-electron chi connectivity index (χ1n) is 9.13. The second-order valence-electron chi connectivity index (χ2n) is 6.84. The fourth-order valence-electron chi connectivity index (χ4n) is 3.11. The second kappa shape index (κ2) is 7.80. The average molecular weight is 452 g/mol. The molecular weight excluding hydrogens is 436 g/mol. The molecule has 0 unspecified atom stereocenters. The number of benzene rings is 2. The molecule has 2 heterocycles. The maximum atomic E-state index is 12.9. The van der Waals surface area contributed by atoms with Crippen molar-refractivity contribution in [3.63, 3.8) is 0 Å². The number of hydrogen-bond acceptors (Lipinski definition) is 6. The molecule has 2 aromatic carbocycles. The van der Waals surface area contributed by atoms with Crippen LogP contribution in [0.25, 0.3) is 29.7 Å². The van der Waals surface area contributed by atoms with E-state index in [1.54, 1.807) is 24.3 Å². The number of aromatic amines is 1. The molecule has 32 heavy (non-hydrogen) atoms. The zero-order valence-corrected chi connectivity index (χ0v) is 17.2. The number of non-ortho nitro benzene ring substituents is 1. The van der Waals surface area contributed by atoms with E-state index in [9.17, 15) is 23.3 Å². The van der Waals surface area contributed by atoms with E-state index in [4.69, 9.17) is 9.56 Å². The second-order valence-corrected chi connectivity index (χ2v) is 8.40. The number of primary sulfonamides is 1. The van der Waals surface area contributed by atoms with E-state index in [2.05, 4.69) is 11.7 Å². The molecule has 0 amide bonds. The summed E-state index contributed by atoms with van der Waals surface area (Å²) in [6, 6.07) is 14.7. The molecule has 0 radical (unpaired) electrons. The highest BCUT2D eigenvalue weighted by atomic mass is 32.2. The Morgan fingerprint density at radius 1 is 1.12 bits per heavy atom. The summed E-state index contributed by atoms with van der Waals surface area (Å²) < 4.78 is 29.8. The fraction of sp³-hybridized carbons (Fsp3) is 0. The van der Waals surface area contributed by atoms with Gasteiger partial charge in [0, 0.05) is 17.7 Å². The summed E-state index contributed by atoms with van der Waals surface area (Å²) in [6.45, 7) is 3.84. The standard InChI is InChI=1S/C21H16N4O6S/c1-13-19(21(26)24(23-13)15-5-8-18(9-6-15)32(22,29)30)12-17-7-10-20(31-17)14-3-2-4-16(11-14)25(27)28/h2-12,23H,1H2,(H2,22,29,30)/b19-12-. The first-order chi connectivity index (χ1) is 15.1. The molecule has 0 bridgehead atoms. The van der Waals surface area contributed by atoms with E-state index in [1.807, 2.05) is 0 Å². The number of sulfonamides is 1. The Hall–Kier alpha value is -4.22. The van der Waals surface area contributed by atoms with E-state index in [-0.39, 0.29) is 15.8 Å². The highest BCUT2D eigenvalue weighted by Gasteiger charge is 2.12. The van der Waals surface area contributed by atoms with Crippen LogP contribution in [0.2, 0.25) is 0 Å². The minimum Gasteiger partial charge on any atom is -0.457 e. The molecule has 4 rings (SSSR count). The van der Waals surface area contributed by atoms with Gasteiger partial charge in [0.15, 0.2) is 0 Å². The smallest absolute Gasteiger partial charge is 0.279 e. The SMILES string of the molecule is C=c1[nH]n(-c2ccc(S(N)(=O)=O)cc2)c(=O)/c1=C\c1ccc(-c2cccc([N+](=O)[O-])c2)o1. The number of nitro groups is 1. The summed E-state index contributed by atoms with van der Waals surface area (Å²) in [5.74, 6) is 0.754. The van der Waals surface area contributed by atoms with Crippen LogP contribution in [-0.2, 0) is 10.0 Å². The summed E-state index contributed by atoms with van der Waals surface area (Å²) in [4.78, 5) is 23.3. The van der Waals surface area contributed by atoms with Gasteiger partial charge in [-0.3, -0.25) is 20.0 Å². The van der Waals surface area contributed by atoms with Crippen molar-refractivity contribution in [3.8, 4) is 17.0 Å². The lowest BCUT2D eigenvalue weighted by atomic mass is 10.1. The normalized spacial score (nSPS) is 12.2. The van der Waals surface area contributed by atoms with Crippen LogP contribution in [0, 0.1) is 10.1 Å². The summed E-state index contributed by atoms with van der Waals surface area (Å²) in [7, 11) is -3.85. The van der Waals surface area contributed by atoms with Gasteiger partial charge in [-0.05, 0) is 42.5 Å². The number of hydrogen-bond donors (Lipinski definition) is 2. The molecule has 11 heteroatoms. The van der Waals surface area contributed by atoms with Crippen LogP contribution < -0.4 is 21.3 Å². The molecule has 162 valence electrons. The topological polar surface area (TPSA) is 154 Å². The summed E-state index contributed by atoms with van der Waals surface area (Å²) in [5, 5.41) is 19.5. The lowest BCUT2D eigenvalue weighted by molar-refractivity contribution is -0.384. The van der Waals surface area contributed by atoms with Gasteiger partial charge in [-0.25, -0.2) is 18.2 Å². The summed E-state index contributed by atoms with van der Waals surface area (Å²) >= 11 is 0. The van der Waals surface area contributed by atoms with Crippen LogP contribution in [0.1, 0.15) is 5.76 Å².